The number of carboxylic acids is 1. The molecule has 2 rings (SSSR count). The lowest BCUT2D eigenvalue weighted by molar-refractivity contribution is -0.139. The topological polar surface area (TPSA) is 66.8 Å². The lowest BCUT2D eigenvalue weighted by Crippen LogP contribution is -2.19. The molecule has 0 amide bonds. The van der Waals surface area contributed by atoms with Crippen LogP contribution in [0.1, 0.15) is 23.7 Å². The monoisotopic (exact) mass is 235 g/mol. The zero-order valence-corrected chi connectivity index (χ0v) is 9.43. The van der Waals surface area contributed by atoms with Gasteiger partial charge < -0.3 is 14.9 Å². The van der Waals surface area contributed by atoms with E-state index >= 15 is 0 Å². The molecular formula is C13H15O4. The Morgan fingerprint density at radius 3 is 3.00 bits per heavy atom. The lowest BCUT2D eigenvalue weighted by Gasteiger charge is -2.28. The van der Waals surface area contributed by atoms with Gasteiger partial charge in [0.15, 0.2) is 6.61 Å². The van der Waals surface area contributed by atoms with Gasteiger partial charge in [-0.15, -0.1) is 0 Å². The first-order valence-electron chi connectivity index (χ1n) is 5.57. The van der Waals surface area contributed by atoms with Gasteiger partial charge in [-0.3, -0.25) is 0 Å². The van der Waals surface area contributed by atoms with Crippen molar-refractivity contribution in [3.8, 4) is 5.75 Å². The number of hydrogen-bond donors (Lipinski definition) is 2. The Labute approximate surface area is 99.8 Å². The largest absolute Gasteiger partial charge is 0.482 e. The van der Waals surface area contributed by atoms with Crippen LogP contribution >= 0.6 is 0 Å². The molecule has 0 bridgehead atoms. The Morgan fingerprint density at radius 1 is 1.53 bits per heavy atom. The summed E-state index contributed by atoms with van der Waals surface area (Å²) in [7, 11) is 0. The molecular weight excluding hydrogens is 220 g/mol. The van der Waals surface area contributed by atoms with Crippen LogP contribution in [0.3, 0.4) is 0 Å². The SMILES string of the molecule is [CH2]C1CCc2c(OCC(=O)O)cccc2C1O. The fraction of sp³-hybridized carbons (Fsp3) is 0.385. The van der Waals surface area contributed by atoms with Crippen molar-refractivity contribution in [3.05, 3.63) is 36.2 Å². The average Bonchev–Trinajstić information content (AvgIpc) is 2.31. The average molecular weight is 235 g/mol. The van der Waals surface area contributed by atoms with E-state index in [1.165, 1.54) is 0 Å². The third kappa shape index (κ3) is 2.42. The van der Waals surface area contributed by atoms with Gasteiger partial charge in [-0.25, -0.2) is 4.79 Å². The standard InChI is InChI=1S/C13H15O4/c1-8-5-6-9-10(13(8)16)3-2-4-11(9)17-7-12(14)15/h2-4,8,13,16H,1,5-7H2,(H,14,15). The molecule has 1 aliphatic carbocycles. The molecule has 0 saturated heterocycles. The van der Waals surface area contributed by atoms with Crippen molar-refractivity contribution >= 4 is 5.97 Å². The van der Waals surface area contributed by atoms with E-state index in [4.69, 9.17) is 9.84 Å². The van der Waals surface area contributed by atoms with E-state index in [2.05, 4.69) is 6.92 Å². The van der Waals surface area contributed by atoms with E-state index < -0.39 is 12.1 Å². The second-order valence-corrected chi connectivity index (χ2v) is 4.25. The van der Waals surface area contributed by atoms with Crippen LogP contribution in [0, 0.1) is 12.8 Å². The van der Waals surface area contributed by atoms with Gasteiger partial charge in [-0.05, 0) is 42.9 Å². The molecule has 0 aliphatic heterocycles. The van der Waals surface area contributed by atoms with Crippen molar-refractivity contribution in [1.29, 1.82) is 0 Å². The quantitative estimate of drug-likeness (QED) is 0.834. The summed E-state index contributed by atoms with van der Waals surface area (Å²) in [6, 6.07) is 5.33. The molecule has 1 radical (unpaired) electrons. The number of aliphatic carboxylic acids is 1. The summed E-state index contributed by atoms with van der Waals surface area (Å²) in [5.74, 6) is -0.470. The Kier molecular flexibility index (Phi) is 3.33. The third-order valence-electron chi connectivity index (χ3n) is 3.05. The van der Waals surface area contributed by atoms with Gasteiger partial charge in [-0.2, -0.15) is 0 Å². The van der Waals surface area contributed by atoms with Crippen molar-refractivity contribution in [2.75, 3.05) is 6.61 Å². The van der Waals surface area contributed by atoms with Crippen LogP contribution in [0.4, 0.5) is 0 Å². The van der Waals surface area contributed by atoms with E-state index in [1.807, 2.05) is 6.07 Å². The summed E-state index contributed by atoms with van der Waals surface area (Å²) in [6.07, 6.45) is 0.949. The first-order valence-corrected chi connectivity index (χ1v) is 5.57. The lowest BCUT2D eigenvalue weighted by atomic mass is 9.82. The molecule has 0 aromatic heterocycles. The van der Waals surface area contributed by atoms with E-state index in [9.17, 15) is 9.90 Å². The smallest absolute Gasteiger partial charge is 0.341 e. The van der Waals surface area contributed by atoms with Crippen molar-refractivity contribution < 1.29 is 19.7 Å². The molecule has 4 heteroatoms. The van der Waals surface area contributed by atoms with Gasteiger partial charge >= 0.3 is 5.97 Å². The Morgan fingerprint density at radius 2 is 2.29 bits per heavy atom. The molecule has 0 heterocycles. The first kappa shape index (κ1) is 11.9. The van der Waals surface area contributed by atoms with Gasteiger partial charge in [0, 0.05) is 0 Å². The number of fused-ring (bicyclic) bond motifs is 1. The first-order chi connectivity index (χ1) is 8.09. The summed E-state index contributed by atoms with van der Waals surface area (Å²) < 4.78 is 5.22. The van der Waals surface area contributed by atoms with Crippen LogP contribution in [-0.2, 0) is 11.2 Å². The summed E-state index contributed by atoms with van der Waals surface area (Å²) in [4.78, 5) is 10.5. The van der Waals surface area contributed by atoms with Gasteiger partial charge in [0.1, 0.15) is 5.75 Å². The Balaban J connectivity index is 2.27. The molecule has 2 atom stereocenters. The highest BCUT2D eigenvalue weighted by atomic mass is 16.5. The van der Waals surface area contributed by atoms with Crippen LogP contribution < -0.4 is 4.74 Å². The molecule has 2 unspecified atom stereocenters. The van der Waals surface area contributed by atoms with Crippen LogP contribution in [0.25, 0.3) is 0 Å². The Bertz CT molecular complexity index is 427. The van der Waals surface area contributed by atoms with Crippen LogP contribution in [-0.4, -0.2) is 22.8 Å². The van der Waals surface area contributed by atoms with E-state index in [-0.39, 0.29) is 12.5 Å². The van der Waals surface area contributed by atoms with Gasteiger partial charge in [0.25, 0.3) is 0 Å². The number of aliphatic hydroxyl groups excluding tert-OH is 1. The third-order valence-corrected chi connectivity index (χ3v) is 3.05. The van der Waals surface area contributed by atoms with Crippen LogP contribution in [0.15, 0.2) is 18.2 Å². The summed E-state index contributed by atoms with van der Waals surface area (Å²) >= 11 is 0. The Hall–Kier alpha value is -1.55. The number of rotatable bonds is 3. The molecule has 4 nitrogen and oxygen atoms in total. The highest BCUT2D eigenvalue weighted by Crippen LogP contribution is 2.38. The van der Waals surface area contributed by atoms with E-state index in [0.717, 1.165) is 24.0 Å². The normalized spacial score (nSPS) is 22.9. The van der Waals surface area contributed by atoms with Crippen molar-refractivity contribution in [1.82, 2.24) is 0 Å². The van der Waals surface area contributed by atoms with Gasteiger partial charge in [0.2, 0.25) is 0 Å². The minimum atomic E-state index is -1.01. The zero-order valence-electron chi connectivity index (χ0n) is 9.43. The summed E-state index contributed by atoms with van der Waals surface area (Å²) in [5, 5.41) is 18.6. The summed E-state index contributed by atoms with van der Waals surface area (Å²) in [5.41, 5.74) is 1.71. The molecule has 0 spiro atoms. The number of hydrogen-bond acceptors (Lipinski definition) is 3. The minimum absolute atomic E-state index is 0.0165. The molecule has 1 aromatic rings. The summed E-state index contributed by atoms with van der Waals surface area (Å²) in [6.45, 7) is 3.54. The van der Waals surface area contributed by atoms with Crippen molar-refractivity contribution in [3.63, 3.8) is 0 Å². The number of benzene rings is 1. The number of ether oxygens (including phenoxy) is 1. The number of carbonyl (C=O) groups is 1. The molecule has 0 saturated carbocycles. The van der Waals surface area contributed by atoms with Gasteiger partial charge in [-0.1, -0.05) is 12.1 Å². The van der Waals surface area contributed by atoms with Crippen molar-refractivity contribution in [2.45, 2.75) is 18.9 Å². The van der Waals surface area contributed by atoms with Crippen molar-refractivity contribution in [2.24, 2.45) is 5.92 Å². The molecule has 1 aromatic carbocycles. The zero-order chi connectivity index (χ0) is 12.4. The van der Waals surface area contributed by atoms with E-state index in [1.54, 1.807) is 12.1 Å². The molecule has 1 aliphatic rings. The highest BCUT2D eigenvalue weighted by molar-refractivity contribution is 5.68. The van der Waals surface area contributed by atoms with Crippen LogP contribution in [0.5, 0.6) is 5.75 Å². The molecule has 0 fully saturated rings. The fourth-order valence-electron chi connectivity index (χ4n) is 2.14. The molecule has 2 N–H and O–H groups in total. The van der Waals surface area contributed by atoms with E-state index in [0.29, 0.717) is 5.75 Å². The maximum Gasteiger partial charge on any atom is 0.341 e. The molecule has 91 valence electrons. The minimum Gasteiger partial charge on any atom is -0.482 e. The van der Waals surface area contributed by atoms with Crippen LogP contribution in [0.2, 0.25) is 0 Å². The second kappa shape index (κ2) is 4.75. The maximum absolute atomic E-state index is 10.5. The predicted molar refractivity (Wildman–Crippen MR) is 61.7 cm³/mol. The number of aliphatic hydroxyl groups is 1. The highest BCUT2D eigenvalue weighted by Gasteiger charge is 2.26. The predicted octanol–water partition coefficient (Wildman–Crippen LogP) is 1.58. The number of carboxylic acid groups (broad SMARTS) is 1. The fourth-order valence-corrected chi connectivity index (χ4v) is 2.14. The maximum atomic E-state index is 10.5. The second-order valence-electron chi connectivity index (χ2n) is 4.25. The molecule has 17 heavy (non-hydrogen) atoms. The van der Waals surface area contributed by atoms with Gasteiger partial charge in [0.05, 0.1) is 6.10 Å².